The first-order valence-corrected chi connectivity index (χ1v) is 13.8. The number of carbonyl (C=O) groups is 4. The number of pyridine rings is 1. The number of nitrogens with zero attached hydrogens (tertiary/aromatic N) is 4. The maximum absolute atomic E-state index is 13.4. The average Bonchev–Trinajstić information content (AvgIpc) is 3.44. The fraction of sp³-hybridized carbons (Fsp3) is 0.321. The highest BCUT2D eigenvalue weighted by Gasteiger charge is 2.56. The van der Waals surface area contributed by atoms with Crippen LogP contribution in [0.25, 0.3) is 5.70 Å². The van der Waals surface area contributed by atoms with Gasteiger partial charge in [0, 0.05) is 23.4 Å². The maximum atomic E-state index is 13.4. The van der Waals surface area contributed by atoms with Crippen LogP contribution < -0.4 is 15.2 Å². The molecule has 2 aromatic rings. The zero-order valence-electron chi connectivity index (χ0n) is 23.4. The largest absolute Gasteiger partial charge is 0.457 e. The highest BCUT2D eigenvalue weighted by Crippen LogP contribution is 2.37. The van der Waals surface area contributed by atoms with E-state index in [4.69, 9.17) is 14.3 Å². The molecule has 1 fully saturated rings. The zero-order chi connectivity index (χ0) is 30.4. The van der Waals surface area contributed by atoms with Crippen LogP contribution in [-0.4, -0.2) is 71.9 Å². The van der Waals surface area contributed by atoms with Gasteiger partial charge in [0.2, 0.25) is 5.70 Å². The van der Waals surface area contributed by atoms with Crippen molar-refractivity contribution < 1.29 is 38.1 Å². The number of thiazole rings is 1. The van der Waals surface area contributed by atoms with Crippen LogP contribution in [0.1, 0.15) is 29.7 Å². The molecule has 0 bridgehead atoms. The number of aryl methyl sites for hydroxylation is 2. The molecule has 2 aliphatic rings. The monoisotopic (exact) mass is 595 g/mol. The second kappa shape index (κ2) is 13.2. The van der Waals surface area contributed by atoms with Crippen molar-refractivity contribution in [1.82, 2.24) is 15.2 Å². The van der Waals surface area contributed by atoms with E-state index in [2.05, 4.69) is 33.9 Å². The SMILES string of the molecule is C=CCOC(=O)Nc1nc(/C(=N/OC)C(=O)N[C@H]2C(=O)N3C(C(=O)OCC=C)=C([n+]4ccc(C)c(C)c4)CCC23)cs1. The molecule has 42 heavy (non-hydrogen) atoms. The topological polar surface area (TPSA) is 152 Å². The molecular weight excluding hydrogens is 564 g/mol. The molecule has 2 aliphatic heterocycles. The Morgan fingerprint density at radius 1 is 1.21 bits per heavy atom. The van der Waals surface area contributed by atoms with Gasteiger partial charge in [-0.2, -0.15) is 4.57 Å². The summed E-state index contributed by atoms with van der Waals surface area (Å²) in [5, 5.41) is 10.6. The average molecular weight is 596 g/mol. The number of β-lactam (4-membered cyclic amide) rings is 1. The number of esters is 1. The molecule has 2 N–H and O–H groups in total. The molecule has 1 unspecified atom stereocenters. The number of rotatable bonds is 11. The van der Waals surface area contributed by atoms with Crippen molar-refractivity contribution >= 4 is 51.8 Å². The van der Waals surface area contributed by atoms with E-state index in [-0.39, 0.29) is 35.4 Å². The third-order valence-electron chi connectivity index (χ3n) is 6.66. The third kappa shape index (κ3) is 6.22. The lowest BCUT2D eigenvalue weighted by Gasteiger charge is -2.49. The Morgan fingerprint density at radius 3 is 2.64 bits per heavy atom. The summed E-state index contributed by atoms with van der Waals surface area (Å²) in [7, 11) is 1.26. The lowest BCUT2D eigenvalue weighted by Crippen LogP contribution is -2.72. The van der Waals surface area contributed by atoms with Crippen LogP contribution >= 0.6 is 11.3 Å². The highest BCUT2D eigenvalue weighted by atomic mass is 32.1. The van der Waals surface area contributed by atoms with Gasteiger partial charge in [0.1, 0.15) is 32.1 Å². The minimum Gasteiger partial charge on any atom is -0.457 e. The Bertz CT molecular complexity index is 1500. The normalized spacial score (nSPS) is 17.9. The molecule has 14 heteroatoms. The first-order chi connectivity index (χ1) is 20.2. The number of aromatic nitrogens is 2. The van der Waals surface area contributed by atoms with E-state index in [9.17, 15) is 19.2 Å². The van der Waals surface area contributed by atoms with Crippen LogP contribution in [0.4, 0.5) is 9.93 Å². The fourth-order valence-corrected chi connectivity index (χ4v) is 5.22. The van der Waals surface area contributed by atoms with Gasteiger partial charge in [-0.25, -0.2) is 14.6 Å². The summed E-state index contributed by atoms with van der Waals surface area (Å²) in [6.45, 7) is 11.0. The van der Waals surface area contributed by atoms with Gasteiger partial charge in [-0.1, -0.05) is 30.5 Å². The number of fused-ring (bicyclic) bond motifs is 1. The maximum Gasteiger partial charge on any atom is 0.413 e. The first kappa shape index (κ1) is 30.1. The van der Waals surface area contributed by atoms with E-state index in [1.807, 2.05) is 36.9 Å². The molecule has 3 amide bonds. The Hall–Kier alpha value is -4.85. The number of hydrogen-bond acceptors (Lipinski definition) is 10. The second-order valence-electron chi connectivity index (χ2n) is 9.34. The standard InChI is InChI=1S/C28H30N6O7S/c1-6-12-40-26(37)23-20(33-11-10-16(3)17(4)14-33)9-8-19-22(25(36)34(19)23)30-24(35)21(32-39-5)18-15-42-27(29-18)31-28(38)41-13-7-2/h6-7,10-11,14-15,19,22H,1-2,8-9,12-13H2,3-5H3,(H-,29,30,31,35,38)/p+1/b32-21-/t19?,22-/m1/s1. The summed E-state index contributed by atoms with van der Waals surface area (Å²) in [6.07, 6.45) is 6.81. The lowest BCUT2D eigenvalue weighted by atomic mass is 9.85. The van der Waals surface area contributed by atoms with Crippen LogP contribution in [0.2, 0.25) is 0 Å². The molecule has 4 rings (SSSR count). The van der Waals surface area contributed by atoms with Gasteiger partial charge in [-0.15, -0.1) is 11.3 Å². The van der Waals surface area contributed by atoms with Crippen molar-refractivity contribution in [3.63, 3.8) is 0 Å². The van der Waals surface area contributed by atoms with Crippen molar-refractivity contribution in [3.05, 3.63) is 71.7 Å². The number of carbonyl (C=O) groups excluding carboxylic acids is 4. The van der Waals surface area contributed by atoms with E-state index in [0.717, 1.165) is 22.5 Å². The number of oxime groups is 1. The number of hydrogen-bond donors (Lipinski definition) is 2. The second-order valence-corrected chi connectivity index (χ2v) is 10.2. The van der Waals surface area contributed by atoms with Gasteiger partial charge in [0.05, 0.1) is 6.04 Å². The van der Waals surface area contributed by atoms with Crippen molar-refractivity contribution in [1.29, 1.82) is 0 Å². The molecule has 0 spiro atoms. The number of allylic oxidation sites excluding steroid dienone is 1. The molecule has 0 aliphatic carbocycles. The molecule has 2 aromatic heterocycles. The third-order valence-corrected chi connectivity index (χ3v) is 7.42. The lowest BCUT2D eigenvalue weighted by molar-refractivity contribution is -0.585. The summed E-state index contributed by atoms with van der Waals surface area (Å²) in [5.41, 5.74) is 2.77. The minimum atomic E-state index is -0.918. The van der Waals surface area contributed by atoms with Crippen LogP contribution in [0, 0.1) is 13.8 Å². The minimum absolute atomic E-state index is 0.0180. The van der Waals surface area contributed by atoms with Crippen LogP contribution in [0.15, 0.2) is 60.0 Å². The van der Waals surface area contributed by atoms with Crippen LogP contribution in [0.5, 0.6) is 0 Å². The molecule has 4 heterocycles. The summed E-state index contributed by atoms with van der Waals surface area (Å²) in [6, 6.07) is 0.528. The molecule has 1 saturated heterocycles. The Kier molecular flexibility index (Phi) is 9.47. The van der Waals surface area contributed by atoms with E-state index in [0.29, 0.717) is 18.5 Å². The predicted octanol–water partition coefficient (Wildman–Crippen LogP) is 2.22. The molecular formula is C28H31N6O7S+. The number of anilines is 1. The molecule has 220 valence electrons. The summed E-state index contributed by atoms with van der Waals surface area (Å²) < 4.78 is 12.0. The van der Waals surface area contributed by atoms with Crippen molar-refractivity contribution in [2.75, 3.05) is 25.6 Å². The van der Waals surface area contributed by atoms with Gasteiger partial charge in [0.15, 0.2) is 28.9 Å². The Balaban J connectivity index is 1.55. The fourth-order valence-electron chi connectivity index (χ4n) is 4.54. The van der Waals surface area contributed by atoms with Gasteiger partial charge in [-0.05, 0) is 25.8 Å². The quantitative estimate of drug-likeness (QED) is 0.100. The van der Waals surface area contributed by atoms with Crippen LogP contribution in [-0.2, 0) is 28.7 Å². The van der Waals surface area contributed by atoms with Crippen molar-refractivity contribution in [3.8, 4) is 0 Å². The molecule has 2 atom stereocenters. The Labute approximate surface area is 246 Å². The van der Waals surface area contributed by atoms with E-state index in [1.165, 1.54) is 29.5 Å². The first-order valence-electron chi connectivity index (χ1n) is 13.0. The van der Waals surface area contributed by atoms with E-state index >= 15 is 0 Å². The highest BCUT2D eigenvalue weighted by molar-refractivity contribution is 7.14. The number of ether oxygens (including phenoxy) is 2. The van der Waals surface area contributed by atoms with Crippen molar-refractivity contribution in [2.24, 2.45) is 5.16 Å². The van der Waals surface area contributed by atoms with Gasteiger partial charge >= 0.3 is 12.1 Å². The van der Waals surface area contributed by atoms with Crippen LogP contribution in [0.3, 0.4) is 0 Å². The smallest absolute Gasteiger partial charge is 0.413 e. The van der Waals surface area contributed by atoms with Gasteiger partial charge in [-0.3, -0.25) is 19.8 Å². The predicted molar refractivity (Wildman–Crippen MR) is 153 cm³/mol. The summed E-state index contributed by atoms with van der Waals surface area (Å²) >= 11 is 1.04. The summed E-state index contributed by atoms with van der Waals surface area (Å²) in [4.78, 5) is 62.1. The van der Waals surface area contributed by atoms with Gasteiger partial charge < -0.3 is 19.6 Å². The molecule has 0 saturated carbocycles. The Morgan fingerprint density at radius 2 is 1.95 bits per heavy atom. The van der Waals surface area contributed by atoms with Gasteiger partial charge in [0.25, 0.3) is 11.8 Å². The molecule has 0 aromatic carbocycles. The van der Waals surface area contributed by atoms with E-state index in [1.54, 1.807) is 0 Å². The summed E-state index contributed by atoms with van der Waals surface area (Å²) in [5.74, 6) is -1.84. The van der Waals surface area contributed by atoms with Crippen molar-refractivity contribution in [2.45, 2.75) is 38.8 Å². The number of nitrogens with one attached hydrogen (secondary N) is 2. The molecule has 0 radical (unpaired) electrons. The molecule has 13 nitrogen and oxygen atoms in total. The number of amides is 3. The zero-order valence-corrected chi connectivity index (χ0v) is 24.2. The van der Waals surface area contributed by atoms with E-state index < -0.39 is 36.0 Å².